The summed E-state index contributed by atoms with van der Waals surface area (Å²) >= 11 is 0. The molecule has 0 aliphatic carbocycles. The average molecular weight is 339 g/mol. The Bertz CT molecular complexity index is 663. The van der Waals surface area contributed by atoms with Crippen molar-refractivity contribution in [2.45, 2.75) is 31.6 Å². The van der Waals surface area contributed by atoms with Crippen molar-refractivity contribution in [3.63, 3.8) is 0 Å². The molecule has 1 saturated heterocycles. The average Bonchev–Trinajstić information content (AvgIpc) is 2.65. The lowest BCUT2D eigenvalue weighted by molar-refractivity contribution is -0.139. The van der Waals surface area contributed by atoms with Gasteiger partial charge in [0.15, 0.2) is 0 Å². The topological polar surface area (TPSA) is 58.6 Å². The van der Waals surface area contributed by atoms with Gasteiger partial charge in [0.2, 0.25) is 0 Å². The second kappa shape index (κ2) is 8.67. The summed E-state index contributed by atoms with van der Waals surface area (Å²) in [4.78, 5) is 11.7. The van der Waals surface area contributed by atoms with Crippen LogP contribution in [0.3, 0.4) is 0 Å². The molecule has 1 fully saturated rings. The lowest BCUT2D eigenvalue weighted by Gasteiger charge is -2.24. The van der Waals surface area contributed by atoms with Crippen LogP contribution in [0, 0.1) is 5.92 Å². The molecule has 3 rings (SSSR count). The highest BCUT2D eigenvalue weighted by Gasteiger charge is 2.22. The second-order valence-electron chi connectivity index (χ2n) is 6.65. The Balaban J connectivity index is 1.62. The van der Waals surface area contributed by atoms with Crippen LogP contribution in [-0.4, -0.2) is 24.2 Å². The molecule has 0 bridgehead atoms. The summed E-state index contributed by atoms with van der Waals surface area (Å²) in [5.74, 6) is 0.948. The molecule has 2 N–H and O–H groups in total. The third-order valence-electron chi connectivity index (χ3n) is 4.88. The Morgan fingerprint density at radius 1 is 1.04 bits per heavy atom. The van der Waals surface area contributed by atoms with Crippen molar-refractivity contribution in [3.05, 3.63) is 60.2 Å². The minimum absolute atomic E-state index is 0.444. The van der Waals surface area contributed by atoms with E-state index in [1.54, 1.807) is 0 Å². The van der Waals surface area contributed by atoms with Crippen molar-refractivity contribution in [1.29, 1.82) is 0 Å². The van der Waals surface area contributed by atoms with E-state index in [-0.39, 0.29) is 0 Å². The van der Waals surface area contributed by atoms with E-state index in [2.05, 4.69) is 5.32 Å². The third kappa shape index (κ3) is 5.07. The summed E-state index contributed by atoms with van der Waals surface area (Å²) in [5, 5.41) is 13.0. The number of rotatable bonds is 7. The van der Waals surface area contributed by atoms with Gasteiger partial charge in [0.25, 0.3) is 0 Å². The van der Waals surface area contributed by atoms with Crippen LogP contribution in [0.2, 0.25) is 0 Å². The predicted octanol–water partition coefficient (Wildman–Crippen LogP) is 4.43. The fraction of sp³-hybridized carbons (Fsp3) is 0.381. The van der Waals surface area contributed by atoms with Gasteiger partial charge in [-0.25, -0.2) is 0 Å². The van der Waals surface area contributed by atoms with Gasteiger partial charge < -0.3 is 15.2 Å². The molecule has 0 aromatic heterocycles. The second-order valence-corrected chi connectivity index (χ2v) is 6.65. The molecule has 2 aromatic rings. The first-order valence-corrected chi connectivity index (χ1v) is 8.99. The number of carboxylic acids is 1. The molecular weight excluding hydrogens is 314 g/mol. The Labute approximate surface area is 148 Å². The van der Waals surface area contributed by atoms with Gasteiger partial charge in [0.05, 0.1) is 5.92 Å². The zero-order valence-corrected chi connectivity index (χ0v) is 14.4. The Kier molecular flexibility index (Phi) is 6.07. The fourth-order valence-electron chi connectivity index (χ4n) is 3.40. The van der Waals surface area contributed by atoms with Crippen molar-refractivity contribution in [3.8, 4) is 11.5 Å². The van der Waals surface area contributed by atoms with E-state index in [1.807, 2.05) is 54.6 Å². The summed E-state index contributed by atoms with van der Waals surface area (Å²) in [6.45, 7) is 2.10. The zero-order chi connectivity index (χ0) is 17.5. The first-order chi connectivity index (χ1) is 12.2. The highest BCUT2D eigenvalue weighted by atomic mass is 16.5. The van der Waals surface area contributed by atoms with Gasteiger partial charge in [-0.1, -0.05) is 30.3 Å². The van der Waals surface area contributed by atoms with Gasteiger partial charge in [0, 0.05) is 0 Å². The smallest absolute Gasteiger partial charge is 0.310 e. The molecule has 2 aromatic carbocycles. The molecule has 4 heteroatoms. The molecule has 25 heavy (non-hydrogen) atoms. The minimum atomic E-state index is -0.745. The monoisotopic (exact) mass is 339 g/mol. The number of aliphatic carboxylic acids is 1. The summed E-state index contributed by atoms with van der Waals surface area (Å²) < 4.78 is 5.77. The molecule has 1 aliphatic heterocycles. The maximum atomic E-state index is 11.7. The van der Waals surface area contributed by atoms with Crippen molar-refractivity contribution < 1.29 is 14.6 Å². The van der Waals surface area contributed by atoms with E-state index in [0.29, 0.717) is 12.3 Å². The summed E-state index contributed by atoms with van der Waals surface area (Å²) in [7, 11) is 0. The number of piperidine rings is 1. The molecule has 0 radical (unpaired) electrons. The van der Waals surface area contributed by atoms with Gasteiger partial charge in [0.1, 0.15) is 11.5 Å². The lowest BCUT2D eigenvalue weighted by atomic mass is 9.86. The highest BCUT2D eigenvalue weighted by Crippen LogP contribution is 2.29. The summed E-state index contributed by atoms with van der Waals surface area (Å²) in [5.41, 5.74) is 0.849. The molecule has 1 unspecified atom stereocenters. The van der Waals surface area contributed by atoms with E-state index in [4.69, 9.17) is 4.74 Å². The van der Waals surface area contributed by atoms with Gasteiger partial charge in [-0.15, -0.1) is 0 Å². The van der Waals surface area contributed by atoms with Crippen molar-refractivity contribution in [2.24, 2.45) is 5.92 Å². The van der Waals surface area contributed by atoms with Gasteiger partial charge in [-0.2, -0.15) is 0 Å². The van der Waals surface area contributed by atoms with E-state index in [9.17, 15) is 9.90 Å². The first kappa shape index (κ1) is 17.5. The highest BCUT2D eigenvalue weighted by molar-refractivity contribution is 5.76. The molecule has 0 amide bonds. The number of hydrogen-bond donors (Lipinski definition) is 2. The number of carbonyl (C=O) groups is 1. The largest absolute Gasteiger partial charge is 0.481 e. The standard InChI is InChI=1S/C21H25NO3/c23-21(24)20(11-6-16-12-14-22-15-13-16)17-7-9-19(10-8-17)25-18-4-2-1-3-5-18/h1-5,7-10,16,20,22H,6,11-15H2,(H,23,24). The van der Waals surface area contributed by atoms with Crippen molar-refractivity contribution in [2.75, 3.05) is 13.1 Å². The SMILES string of the molecule is O=C(O)C(CCC1CCNCC1)c1ccc(Oc2ccccc2)cc1. The first-order valence-electron chi connectivity index (χ1n) is 8.99. The number of ether oxygens (including phenoxy) is 1. The zero-order valence-electron chi connectivity index (χ0n) is 14.4. The third-order valence-corrected chi connectivity index (χ3v) is 4.88. The minimum Gasteiger partial charge on any atom is -0.481 e. The number of carboxylic acid groups (broad SMARTS) is 1. The quantitative estimate of drug-likeness (QED) is 0.783. The van der Waals surface area contributed by atoms with E-state index in [1.165, 1.54) is 0 Å². The maximum Gasteiger partial charge on any atom is 0.310 e. The number of nitrogens with one attached hydrogen (secondary N) is 1. The van der Waals surface area contributed by atoms with Gasteiger partial charge >= 0.3 is 5.97 Å². The maximum absolute atomic E-state index is 11.7. The molecule has 1 aliphatic rings. The normalized spacial score (nSPS) is 16.3. The van der Waals surface area contributed by atoms with Crippen molar-refractivity contribution in [1.82, 2.24) is 5.32 Å². The van der Waals surface area contributed by atoms with E-state index in [0.717, 1.165) is 49.4 Å². The van der Waals surface area contributed by atoms with Crippen LogP contribution >= 0.6 is 0 Å². The molecule has 0 spiro atoms. The summed E-state index contributed by atoms with van der Waals surface area (Å²) in [6, 6.07) is 17.0. The summed E-state index contributed by atoms with van der Waals surface area (Å²) in [6.07, 6.45) is 3.96. The van der Waals surface area contributed by atoms with Crippen LogP contribution < -0.4 is 10.1 Å². The fourth-order valence-corrected chi connectivity index (χ4v) is 3.40. The number of para-hydroxylation sites is 1. The molecule has 0 saturated carbocycles. The van der Waals surface area contributed by atoms with Gasteiger partial charge in [-0.3, -0.25) is 4.79 Å². The van der Waals surface area contributed by atoms with Crippen LogP contribution in [0.5, 0.6) is 11.5 Å². The predicted molar refractivity (Wildman–Crippen MR) is 98.2 cm³/mol. The van der Waals surface area contributed by atoms with Gasteiger partial charge in [-0.05, 0) is 74.5 Å². The molecule has 1 heterocycles. The van der Waals surface area contributed by atoms with Crippen LogP contribution in [-0.2, 0) is 4.79 Å². The molecular formula is C21H25NO3. The lowest BCUT2D eigenvalue weighted by Crippen LogP contribution is -2.28. The van der Waals surface area contributed by atoms with Crippen molar-refractivity contribution >= 4 is 5.97 Å². The molecule has 4 nitrogen and oxygen atoms in total. The number of hydrogen-bond acceptors (Lipinski definition) is 3. The van der Waals surface area contributed by atoms with Crippen LogP contribution in [0.25, 0.3) is 0 Å². The Morgan fingerprint density at radius 2 is 1.68 bits per heavy atom. The molecule has 1 atom stereocenters. The van der Waals surface area contributed by atoms with Crippen LogP contribution in [0.4, 0.5) is 0 Å². The Morgan fingerprint density at radius 3 is 2.32 bits per heavy atom. The van der Waals surface area contributed by atoms with Crippen LogP contribution in [0.15, 0.2) is 54.6 Å². The Hall–Kier alpha value is -2.33. The van der Waals surface area contributed by atoms with Crippen LogP contribution in [0.1, 0.15) is 37.2 Å². The number of benzene rings is 2. The van der Waals surface area contributed by atoms with E-state index < -0.39 is 11.9 Å². The van der Waals surface area contributed by atoms with E-state index >= 15 is 0 Å². The molecule has 132 valence electrons.